The molecule has 0 aliphatic rings. The quantitative estimate of drug-likeness (QED) is 0.759. The van der Waals surface area contributed by atoms with Gasteiger partial charge in [-0.25, -0.2) is 0 Å². The summed E-state index contributed by atoms with van der Waals surface area (Å²) in [5.74, 6) is 0.396. The van der Waals surface area contributed by atoms with Crippen LogP contribution in [0.25, 0.3) is 0 Å². The highest BCUT2D eigenvalue weighted by molar-refractivity contribution is 6.31. The number of hydrogen-bond acceptors (Lipinski definition) is 3. The number of nitrogens with one attached hydrogen (secondary N) is 1. The molecule has 0 spiro atoms. The van der Waals surface area contributed by atoms with Crippen molar-refractivity contribution in [2.75, 3.05) is 6.54 Å². The Balaban J connectivity index is 2.83. The van der Waals surface area contributed by atoms with Crippen LogP contribution in [0.5, 0.6) is 5.75 Å². The Labute approximate surface area is 124 Å². The monoisotopic (exact) mass is 296 g/mol. The highest BCUT2D eigenvalue weighted by atomic mass is 35.5. The molecule has 1 aromatic carbocycles. The Morgan fingerprint density at radius 1 is 1.55 bits per heavy atom. The summed E-state index contributed by atoms with van der Waals surface area (Å²) < 4.78 is 5.70. The van der Waals surface area contributed by atoms with Crippen molar-refractivity contribution in [3.63, 3.8) is 0 Å². The average Bonchev–Trinajstić information content (AvgIpc) is 2.39. The SMILES string of the molecule is C=CCNC(=O)C(C)Oc1cccc(Cl)c1CC(C)N. The van der Waals surface area contributed by atoms with Crippen LogP contribution in [0.4, 0.5) is 0 Å². The van der Waals surface area contributed by atoms with Gasteiger partial charge in [0.2, 0.25) is 0 Å². The van der Waals surface area contributed by atoms with Crippen molar-refractivity contribution < 1.29 is 9.53 Å². The van der Waals surface area contributed by atoms with E-state index < -0.39 is 6.10 Å². The summed E-state index contributed by atoms with van der Waals surface area (Å²) in [6.07, 6.45) is 1.60. The lowest BCUT2D eigenvalue weighted by atomic mass is 10.1. The van der Waals surface area contributed by atoms with Gasteiger partial charge in [0.25, 0.3) is 5.91 Å². The molecule has 2 unspecified atom stereocenters. The first-order valence-electron chi connectivity index (χ1n) is 6.54. The molecule has 5 heteroatoms. The number of benzene rings is 1. The molecule has 1 amide bonds. The first kappa shape index (κ1) is 16.5. The smallest absolute Gasteiger partial charge is 0.261 e. The molecular formula is C15H21ClN2O2. The number of halogens is 1. The van der Waals surface area contributed by atoms with Crippen molar-refractivity contribution in [3.8, 4) is 5.75 Å². The maximum Gasteiger partial charge on any atom is 0.261 e. The molecule has 3 N–H and O–H groups in total. The third kappa shape index (κ3) is 4.87. The maximum atomic E-state index is 11.8. The molecule has 0 saturated carbocycles. The summed E-state index contributed by atoms with van der Waals surface area (Å²) in [5.41, 5.74) is 6.64. The lowest BCUT2D eigenvalue weighted by Crippen LogP contribution is -2.36. The van der Waals surface area contributed by atoms with E-state index in [1.807, 2.05) is 6.92 Å². The molecule has 0 radical (unpaired) electrons. The van der Waals surface area contributed by atoms with Gasteiger partial charge in [0.15, 0.2) is 6.10 Å². The fraction of sp³-hybridized carbons (Fsp3) is 0.400. The molecule has 0 aliphatic carbocycles. The van der Waals surface area contributed by atoms with Crippen molar-refractivity contribution in [2.45, 2.75) is 32.4 Å². The maximum absolute atomic E-state index is 11.8. The molecule has 0 bridgehead atoms. The largest absolute Gasteiger partial charge is 0.481 e. The number of rotatable bonds is 7. The Bertz CT molecular complexity index is 475. The molecule has 4 nitrogen and oxygen atoms in total. The highest BCUT2D eigenvalue weighted by Gasteiger charge is 2.17. The van der Waals surface area contributed by atoms with Crippen LogP contribution in [0, 0.1) is 0 Å². The number of ether oxygens (including phenoxy) is 1. The summed E-state index contributed by atoms with van der Waals surface area (Å²) in [5, 5.41) is 3.28. The minimum Gasteiger partial charge on any atom is -0.481 e. The van der Waals surface area contributed by atoms with Gasteiger partial charge in [0.1, 0.15) is 5.75 Å². The summed E-state index contributed by atoms with van der Waals surface area (Å²) in [6, 6.07) is 5.33. The Hall–Kier alpha value is -1.52. The minimum absolute atomic E-state index is 0.0397. The van der Waals surface area contributed by atoms with Crippen LogP contribution in [0.1, 0.15) is 19.4 Å². The molecule has 1 rings (SSSR count). The van der Waals surface area contributed by atoms with Crippen molar-refractivity contribution in [1.82, 2.24) is 5.32 Å². The Kier molecular flexibility index (Phi) is 6.55. The Morgan fingerprint density at radius 2 is 2.25 bits per heavy atom. The summed E-state index contributed by atoms with van der Waals surface area (Å²) in [4.78, 5) is 11.8. The third-order valence-corrected chi connectivity index (χ3v) is 3.05. The molecule has 2 atom stereocenters. The summed E-state index contributed by atoms with van der Waals surface area (Å²) in [6.45, 7) is 7.54. The van der Waals surface area contributed by atoms with Gasteiger partial charge in [-0.2, -0.15) is 0 Å². The lowest BCUT2D eigenvalue weighted by Gasteiger charge is -2.18. The number of carbonyl (C=O) groups excluding carboxylic acids is 1. The van der Waals surface area contributed by atoms with Crippen molar-refractivity contribution in [2.24, 2.45) is 5.73 Å². The molecular weight excluding hydrogens is 276 g/mol. The van der Waals surface area contributed by atoms with Gasteiger partial charge in [-0.3, -0.25) is 4.79 Å². The van der Waals surface area contributed by atoms with Crippen LogP contribution in [-0.4, -0.2) is 24.6 Å². The van der Waals surface area contributed by atoms with Gasteiger partial charge in [0, 0.05) is 23.2 Å². The number of hydrogen-bond donors (Lipinski definition) is 2. The van der Waals surface area contributed by atoms with E-state index in [0.29, 0.717) is 23.7 Å². The second kappa shape index (κ2) is 7.92. The normalized spacial score (nSPS) is 13.4. The molecule has 1 aromatic rings. The van der Waals surface area contributed by atoms with Gasteiger partial charge in [0.05, 0.1) is 0 Å². The van der Waals surface area contributed by atoms with Crippen LogP contribution < -0.4 is 15.8 Å². The molecule has 20 heavy (non-hydrogen) atoms. The van der Waals surface area contributed by atoms with Crippen molar-refractivity contribution in [3.05, 3.63) is 41.4 Å². The number of carbonyl (C=O) groups is 1. The van der Waals surface area contributed by atoms with Gasteiger partial charge < -0.3 is 15.8 Å². The van der Waals surface area contributed by atoms with E-state index in [1.54, 1.807) is 31.2 Å². The van der Waals surface area contributed by atoms with E-state index in [2.05, 4.69) is 11.9 Å². The fourth-order valence-corrected chi connectivity index (χ4v) is 1.97. The second-order valence-corrected chi connectivity index (χ2v) is 5.10. The van der Waals surface area contributed by atoms with E-state index in [0.717, 1.165) is 5.56 Å². The first-order chi connectivity index (χ1) is 9.45. The van der Waals surface area contributed by atoms with Gasteiger partial charge in [-0.05, 0) is 32.4 Å². The highest BCUT2D eigenvalue weighted by Crippen LogP contribution is 2.28. The zero-order valence-electron chi connectivity index (χ0n) is 11.9. The van der Waals surface area contributed by atoms with Crippen LogP contribution in [0.15, 0.2) is 30.9 Å². The van der Waals surface area contributed by atoms with Crippen LogP contribution in [-0.2, 0) is 11.2 Å². The van der Waals surface area contributed by atoms with Crippen LogP contribution in [0.3, 0.4) is 0 Å². The minimum atomic E-state index is -0.611. The van der Waals surface area contributed by atoms with E-state index in [4.69, 9.17) is 22.1 Å². The van der Waals surface area contributed by atoms with Gasteiger partial charge in [-0.15, -0.1) is 6.58 Å². The second-order valence-electron chi connectivity index (χ2n) is 4.69. The molecule has 0 heterocycles. The molecule has 0 fully saturated rings. The van der Waals surface area contributed by atoms with E-state index >= 15 is 0 Å². The fourth-order valence-electron chi connectivity index (χ4n) is 1.73. The summed E-state index contributed by atoms with van der Waals surface area (Å²) in [7, 11) is 0. The standard InChI is InChI=1S/C15H21ClN2O2/c1-4-8-18-15(19)11(3)20-14-7-5-6-13(16)12(14)9-10(2)17/h4-7,10-11H,1,8-9,17H2,2-3H3,(H,18,19). The Morgan fingerprint density at radius 3 is 2.85 bits per heavy atom. The third-order valence-electron chi connectivity index (χ3n) is 2.70. The lowest BCUT2D eigenvalue weighted by molar-refractivity contribution is -0.127. The number of amides is 1. The van der Waals surface area contributed by atoms with Crippen LogP contribution in [0.2, 0.25) is 5.02 Å². The molecule has 0 aliphatic heterocycles. The average molecular weight is 297 g/mol. The van der Waals surface area contributed by atoms with E-state index in [1.165, 1.54) is 0 Å². The predicted octanol–water partition coefficient (Wildman–Crippen LogP) is 2.30. The zero-order chi connectivity index (χ0) is 15.1. The first-order valence-corrected chi connectivity index (χ1v) is 6.91. The zero-order valence-corrected chi connectivity index (χ0v) is 12.6. The van der Waals surface area contributed by atoms with Crippen LogP contribution >= 0.6 is 11.6 Å². The molecule has 0 saturated heterocycles. The van der Waals surface area contributed by atoms with Crippen molar-refractivity contribution >= 4 is 17.5 Å². The van der Waals surface area contributed by atoms with E-state index in [9.17, 15) is 4.79 Å². The predicted molar refractivity (Wildman–Crippen MR) is 82.1 cm³/mol. The summed E-state index contributed by atoms with van der Waals surface area (Å²) >= 11 is 6.17. The molecule has 110 valence electrons. The molecule has 0 aromatic heterocycles. The topological polar surface area (TPSA) is 64.3 Å². The van der Waals surface area contributed by atoms with E-state index in [-0.39, 0.29) is 11.9 Å². The van der Waals surface area contributed by atoms with Gasteiger partial charge in [-0.1, -0.05) is 23.7 Å². The van der Waals surface area contributed by atoms with Crippen molar-refractivity contribution in [1.29, 1.82) is 0 Å². The van der Waals surface area contributed by atoms with Gasteiger partial charge >= 0.3 is 0 Å². The number of nitrogens with two attached hydrogens (primary N) is 1.